The second-order valence-corrected chi connectivity index (χ2v) is 6.31. The van der Waals surface area contributed by atoms with Crippen molar-refractivity contribution >= 4 is 0 Å². The molecule has 0 aromatic carbocycles. The SMILES string of the molecule is CCCCCCCCCCCCC(O)C(C)(C)N. The van der Waals surface area contributed by atoms with Gasteiger partial charge in [-0.1, -0.05) is 71.1 Å². The van der Waals surface area contributed by atoms with Crippen molar-refractivity contribution in [3.8, 4) is 0 Å². The van der Waals surface area contributed by atoms with Crippen LogP contribution < -0.4 is 5.73 Å². The molecule has 0 heterocycles. The van der Waals surface area contributed by atoms with Gasteiger partial charge in [0.1, 0.15) is 0 Å². The molecule has 0 aliphatic carbocycles. The quantitative estimate of drug-likeness (QED) is 0.509. The Labute approximate surface area is 114 Å². The van der Waals surface area contributed by atoms with Gasteiger partial charge in [-0.15, -0.1) is 0 Å². The average molecular weight is 257 g/mol. The highest BCUT2D eigenvalue weighted by Crippen LogP contribution is 2.15. The second kappa shape index (κ2) is 10.8. The number of aliphatic hydroxyl groups excluding tert-OH is 1. The molecule has 0 aromatic heterocycles. The van der Waals surface area contributed by atoms with Gasteiger partial charge in [-0.25, -0.2) is 0 Å². The lowest BCUT2D eigenvalue weighted by atomic mass is 9.94. The summed E-state index contributed by atoms with van der Waals surface area (Å²) in [6, 6.07) is 0. The molecule has 1 atom stereocenters. The molecule has 0 saturated carbocycles. The molecule has 2 heteroatoms. The van der Waals surface area contributed by atoms with Crippen LogP contribution in [0.3, 0.4) is 0 Å². The van der Waals surface area contributed by atoms with Crippen LogP contribution in [0.1, 0.15) is 91.4 Å². The molecule has 18 heavy (non-hydrogen) atoms. The summed E-state index contributed by atoms with van der Waals surface area (Å²) in [5, 5.41) is 9.78. The van der Waals surface area contributed by atoms with E-state index in [1.54, 1.807) is 0 Å². The summed E-state index contributed by atoms with van der Waals surface area (Å²) in [4.78, 5) is 0. The predicted molar refractivity (Wildman–Crippen MR) is 80.7 cm³/mol. The Morgan fingerprint density at radius 3 is 1.61 bits per heavy atom. The van der Waals surface area contributed by atoms with Gasteiger partial charge in [-0.3, -0.25) is 0 Å². The first-order valence-corrected chi connectivity index (χ1v) is 7.95. The molecule has 0 aromatic rings. The summed E-state index contributed by atoms with van der Waals surface area (Å²) >= 11 is 0. The van der Waals surface area contributed by atoms with Crippen molar-refractivity contribution in [2.24, 2.45) is 5.73 Å². The van der Waals surface area contributed by atoms with Crippen LogP contribution in [0.2, 0.25) is 0 Å². The third-order valence-corrected chi connectivity index (χ3v) is 3.69. The maximum absolute atomic E-state index is 9.78. The molecular formula is C16H35NO. The number of rotatable bonds is 12. The molecule has 0 radical (unpaired) electrons. The fraction of sp³-hybridized carbons (Fsp3) is 1.00. The molecule has 0 bridgehead atoms. The van der Waals surface area contributed by atoms with Gasteiger partial charge in [0.2, 0.25) is 0 Å². The topological polar surface area (TPSA) is 46.2 Å². The normalized spacial score (nSPS) is 13.8. The minimum absolute atomic E-state index is 0.355. The molecular weight excluding hydrogens is 222 g/mol. The van der Waals surface area contributed by atoms with E-state index in [2.05, 4.69) is 6.92 Å². The first kappa shape index (κ1) is 17.9. The van der Waals surface area contributed by atoms with Crippen molar-refractivity contribution in [3.63, 3.8) is 0 Å². The summed E-state index contributed by atoms with van der Waals surface area (Å²) < 4.78 is 0. The lowest BCUT2D eigenvalue weighted by Crippen LogP contribution is -2.44. The Kier molecular flexibility index (Phi) is 10.8. The highest BCUT2D eigenvalue weighted by atomic mass is 16.3. The van der Waals surface area contributed by atoms with E-state index >= 15 is 0 Å². The van der Waals surface area contributed by atoms with Crippen LogP contribution in [-0.2, 0) is 0 Å². The molecule has 1 unspecified atom stereocenters. The van der Waals surface area contributed by atoms with Gasteiger partial charge in [0.05, 0.1) is 6.10 Å². The molecule has 0 spiro atoms. The van der Waals surface area contributed by atoms with Crippen molar-refractivity contribution < 1.29 is 5.11 Å². The number of nitrogens with two attached hydrogens (primary N) is 1. The Morgan fingerprint density at radius 2 is 1.22 bits per heavy atom. The summed E-state index contributed by atoms with van der Waals surface area (Å²) in [6.45, 7) is 6.05. The Hall–Kier alpha value is -0.0800. The zero-order valence-electron chi connectivity index (χ0n) is 12.9. The molecule has 110 valence electrons. The third-order valence-electron chi connectivity index (χ3n) is 3.69. The highest BCUT2D eigenvalue weighted by molar-refractivity contribution is 4.81. The second-order valence-electron chi connectivity index (χ2n) is 6.31. The Bertz CT molecular complexity index is 174. The van der Waals surface area contributed by atoms with E-state index in [0.717, 1.165) is 12.8 Å². The monoisotopic (exact) mass is 257 g/mol. The smallest absolute Gasteiger partial charge is 0.0714 e. The van der Waals surface area contributed by atoms with E-state index < -0.39 is 5.54 Å². The first-order chi connectivity index (χ1) is 8.48. The van der Waals surface area contributed by atoms with Crippen LogP contribution in [0.5, 0.6) is 0 Å². The van der Waals surface area contributed by atoms with E-state index in [-0.39, 0.29) is 6.10 Å². The van der Waals surface area contributed by atoms with Gasteiger partial charge in [-0.05, 0) is 20.3 Å². The van der Waals surface area contributed by atoms with Crippen LogP contribution in [0.25, 0.3) is 0 Å². The van der Waals surface area contributed by atoms with E-state index in [9.17, 15) is 5.11 Å². The van der Waals surface area contributed by atoms with Crippen molar-refractivity contribution in [2.75, 3.05) is 0 Å². The molecule has 0 fully saturated rings. The maximum atomic E-state index is 9.78. The molecule has 0 saturated heterocycles. The molecule has 0 rings (SSSR count). The van der Waals surface area contributed by atoms with Gasteiger partial charge in [0.15, 0.2) is 0 Å². The molecule has 0 aliphatic heterocycles. The standard InChI is InChI=1S/C16H35NO/c1-4-5-6-7-8-9-10-11-12-13-14-15(18)16(2,3)17/h15,18H,4-14,17H2,1-3H3. The van der Waals surface area contributed by atoms with Crippen LogP contribution in [0.15, 0.2) is 0 Å². The number of hydrogen-bond donors (Lipinski definition) is 2. The van der Waals surface area contributed by atoms with E-state index in [1.807, 2.05) is 13.8 Å². The first-order valence-electron chi connectivity index (χ1n) is 7.95. The van der Waals surface area contributed by atoms with Crippen LogP contribution >= 0.6 is 0 Å². The van der Waals surface area contributed by atoms with Crippen molar-refractivity contribution in [2.45, 2.75) is 103 Å². The Morgan fingerprint density at radius 1 is 0.833 bits per heavy atom. The summed E-state index contributed by atoms with van der Waals surface area (Å²) in [6.07, 6.45) is 13.8. The molecule has 3 N–H and O–H groups in total. The summed E-state index contributed by atoms with van der Waals surface area (Å²) in [7, 11) is 0. The van der Waals surface area contributed by atoms with Gasteiger partial charge in [0, 0.05) is 5.54 Å². The van der Waals surface area contributed by atoms with Crippen LogP contribution in [-0.4, -0.2) is 16.7 Å². The molecule has 0 aliphatic rings. The van der Waals surface area contributed by atoms with E-state index in [0.29, 0.717) is 0 Å². The largest absolute Gasteiger partial charge is 0.391 e. The Balaban J connectivity index is 3.17. The summed E-state index contributed by atoms with van der Waals surface area (Å²) in [5.74, 6) is 0. The van der Waals surface area contributed by atoms with Crippen LogP contribution in [0.4, 0.5) is 0 Å². The van der Waals surface area contributed by atoms with E-state index in [4.69, 9.17) is 5.73 Å². The van der Waals surface area contributed by atoms with Gasteiger partial charge in [0.25, 0.3) is 0 Å². The zero-order chi connectivity index (χ0) is 13.9. The maximum Gasteiger partial charge on any atom is 0.0714 e. The predicted octanol–water partition coefficient (Wildman–Crippen LogP) is 4.40. The highest BCUT2D eigenvalue weighted by Gasteiger charge is 2.21. The average Bonchev–Trinajstić information content (AvgIpc) is 2.30. The van der Waals surface area contributed by atoms with Crippen molar-refractivity contribution in [3.05, 3.63) is 0 Å². The van der Waals surface area contributed by atoms with Crippen molar-refractivity contribution in [1.29, 1.82) is 0 Å². The number of aliphatic hydroxyl groups is 1. The lowest BCUT2D eigenvalue weighted by Gasteiger charge is -2.25. The minimum atomic E-state index is -0.445. The fourth-order valence-corrected chi connectivity index (χ4v) is 2.20. The minimum Gasteiger partial charge on any atom is -0.391 e. The zero-order valence-corrected chi connectivity index (χ0v) is 12.9. The van der Waals surface area contributed by atoms with E-state index in [1.165, 1.54) is 57.8 Å². The number of unbranched alkanes of at least 4 members (excludes halogenated alkanes) is 9. The third kappa shape index (κ3) is 11.0. The van der Waals surface area contributed by atoms with Crippen molar-refractivity contribution in [1.82, 2.24) is 0 Å². The lowest BCUT2D eigenvalue weighted by molar-refractivity contribution is 0.0925. The summed E-state index contributed by atoms with van der Waals surface area (Å²) in [5.41, 5.74) is 5.40. The van der Waals surface area contributed by atoms with Gasteiger partial charge < -0.3 is 10.8 Å². The van der Waals surface area contributed by atoms with Gasteiger partial charge in [-0.2, -0.15) is 0 Å². The van der Waals surface area contributed by atoms with Gasteiger partial charge >= 0.3 is 0 Å². The molecule has 0 amide bonds. The van der Waals surface area contributed by atoms with Crippen LogP contribution in [0, 0.1) is 0 Å². The molecule has 2 nitrogen and oxygen atoms in total. The number of hydrogen-bond acceptors (Lipinski definition) is 2. The fourth-order valence-electron chi connectivity index (χ4n) is 2.20.